The quantitative estimate of drug-likeness (QED) is 0.846. The fraction of sp³-hybridized carbons (Fsp3) is 0.278. The summed E-state index contributed by atoms with van der Waals surface area (Å²) in [4.78, 5) is 13.2. The molecule has 0 radical (unpaired) electrons. The van der Waals surface area contributed by atoms with Crippen molar-refractivity contribution in [2.24, 2.45) is 0 Å². The van der Waals surface area contributed by atoms with Crippen molar-refractivity contribution in [1.82, 2.24) is 4.90 Å². The van der Waals surface area contributed by atoms with Crippen LogP contribution in [0.5, 0.6) is 11.5 Å². The van der Waals surface area contributed by atoms with Gasteiger partial charge >= 0.3 is 5.97 Å². The van der Waals surface area contributed by atoms with E-state index in [4.69, 9.17) is 4.74 Å². The summed E-state index contributed by atoms with van der Waals surface area (Å²) in [6.07, 6.45) is 1.68. The molecule has 0 aliphatic carbocycles. The van der Waals surface area contributed by atoms with E-state index in [1.54, 1.807) is 0 Å². The lowest BCUT2D eigenvalue weighted by Gasteiger charge is -2.21. The highest BCUT2D eigenvalue weighted by Crippen LogP contribution is 2.26. The number of hydrogen-bond donors (Lipinski definition) is 1. The molecule has 3 rings (SSSR count). The molecule has 1 N–H and O–H groups in total. The predicted molar refractivity (Wildman–Crippen MR) is 91.7 cm³/mol. The van der Waals surface area contributed by atoms with Gasteiger partial charge in [0.05, 0.1) is 0 Å². The normalized spacial score (nSPS) is 18.0. The van der Waals surface area contributed by atoms with Gasteiger partial charge in [-0.05, 0) is 55.3 Å². The van der Waals surface area contributed by atoms with Crippen LogP contribution < -0.4 is 4.74 Å². The smallest absolute Gasteiger partial charge is 0.320 e. The minimum absolute atomic E-state index is 0.354. The van der Waals surface area contributed by atoms with E-state index in [1.807, 2.05) is 53.4 Å². The summed E-state index contributed by atoms with van der Waals surface area (Å²) in [5.41, 5.74) is 1.10. The second kappa shape index (κ2) is 7.15. The highest BCUT2D eigenvalue weighted by Gasteiger charge is 2.30. The largest absolute Gasteiger partial charge is 0.480 e. The molecule has 1 heterocycles. The molecule has 1 fully saturated rings. The standard InChI is InChI=1S/C18H18BrNO3/c19-14-3-1-4-16(11-14)23-15-8-6-13(7-9-15)12-20-10-2-5-17(20)18(21)22/h1,3-4,6-9,11,17H,2,5,10,12H2,(H,21,22). The number of carboxylic acids is 1. The van der Waals surface area contributed by atoms with E-state index in [1.165, 1.54) is 0 Å². The Hall–Kier alpha value is -1.85. The van der Waals surface area contributed by atoms with Gasteiger partial charge in [-0.3, -0.25) is 9.69 Å². The van der Waals surface area contributed by atoms with E-state index < -0.39 is 5.97 Å². The highest BCUT2D eigenvalue weighted by molar-refractivity contribution is 9.10. The molecule has 4 nitrogen and oxygen atoms in total. The average Bonchev–Trinajstić information content (AvgIpc) is 2.98. The van der Waals surface area contributed by atoms with Gasteiger partial charge in [-0.25, -0.2) is 0 Å². The lowest BCUT2D eigenvalue weighted by molar-refractivity contribution is -0.142. The zero-order chi connectivity index (χ0) is 16.2. The summed E-state index contributed by atoms with van der Waals surface area (Å²) < 4.78 is 6.78. The molecule has 0 saturated carbocycles. The molecule has 0 spiro atoms. The SMILES string of the molecule is O=C(O)C1CCCN1Cc1ccc(Oc2cccc(Br)c2)cc1. The van der Waals surface area contributed by atoms with Gasteiger partial charge in [0.1, 0.15) is 17.5 Å². The molecular weight excluding hydrogens is 358 g/mol. The Labute approximate surface area is 143 Å². The van der Waals surface area contributed by atoms with Gasteiger partial charge in [-0.2, -0.15) is 0 Å². The monoisotopic (exact) mass is 375 g/mol. The molecular formula is C18H18BrNO3. The number of likely N-dealkylation sites (tertiary alicyclic amines) is 1. The fourth-order valence-corrected chi connectivity index (χ4v) is 3.24. The summed E-state index contributed by atoms with van der Waals surface area (Å²) in [6.45, 7) is 1.50. The lowest BCUT2D eigenvalue weighted by atomic mass is 10.2. The summed E-state index contributed by atoms with van der Waals surface area (Å²) in [5, 5.41) is 9.23. The fourth-order valence-electron chi connectivity index (χ4n) is 2.86. The van der Waals surface area contributed by atoms with E-state index >= 15 is 0 Å². The van der Waals surface area contributed by atoms with Crippen molar-refractivity contribution in [3.8, 4) is 11.5 Å². The molecule has 5 heteroatoms. The maximum atomic E-state index is 11.2. The zero-order valence-corrected chi connectivity index (χ0v) is 14.2. The van der Waals surface area contributed by atoms with Crippen LogP contribution in [0.3, 0.4) is 0 Å². The first-order valence-corrected chi connectivity index (χ1v) is 8.40. The number of benzene rings is 2. The molecule has 1 aliphatic rings. The van der Waals surface area contributed by atoms with Crippen molar-refractivity contribution < 1.29 is 14.6 Å². The summed E-state index contributed by atoms with van der Waals surface area (Å²) in [7, 11) is 0. The molecule has 0 bridgehead atoms. The number of ether oxygens (including phenoxy) is 1. The third-order valence-corrected chi connectivity index (χ3v) is 4.48. The van der Waals surface area contributed by atoms with Gasteiger partial charge in [-0.1, -0.05) is 34.1 Å². The van der Waals surface area contributed by atoms with Crippen molar-refractivity contribution in [2.45, 2.75) is 25.4 Å². The molecule has 0 aromatic heterocycles. The Morgan fingerprint density at radius 2 is 2.00 bits per heavy atom. The third-order valence-electron chi connectivity index (χ3n) is 3.99. The number of rotatable bonds is 5. The first kappa shape index (κ1) is 16.0. The Balaban J connectivity index is 1.64. The number of aliphatic carboxylic acids is 1. The first-order valence-electron chi connectivity index (χ1n) is 7.61. The summed E-state index contributed by atoms with van der Waals surface area (Å²) in [6, 6.07) is 15.2. The Morgan fingerprint density at radius 3 is 2.70 bits per heavy atom. The van der Waals surface area contributed by atoms with Gasteiger partial charge < -0.3 is 9.84 Å². The van der Waals surface area contributed by atoms with Gasteiger partial charge in [0, 0.05) is 11.0 Å². The molecule has 1 atom stereocenters. The first-order chi connectivity index (χ1) is 11.1. The van der Waals surface area contributed by atoms with E-state index in [2.05, 4.69) is 15.9 Å². The maximum absolute atomic E-state index is 11.2. The van der Waals surface area contributed by atoms with Crippen LogP contribution in [0, 0.1) is 0 Å². The molecule has 2 aromatic rings. The molecule has 23 heavy (non-hydrogen) atoms. The van der Waals surface area contributed by atoms with E-state index in [9.17, 15) is 9.90 Å². The van der Waals surface area contributed by atoms with Crippen LogP contribution in [-0.4, -0.2) is 28.6 Å². The highest BCUT2D eigenvalue weighted by atomic mass is 79.9. The molecule has 120 valence electrons. The van der Waals surface area contributed by atoms with Crippen LogP contribution in [0.1, 0.15) is 18.4 Å². The molecule has 1 unspecified atom stereocenters. The topological polar surface area (TPSA) is 49.8 Å². The summed E-state index contributed by atoms with van der Waals surface area (Å²) >= 11 is 3.42. The van der Waals surface area contributed by atoms with Crippen LogP contribution in [0.4, 0.5) is 0 Å². The Morgan fingerprint density at radius 1 is 1.22 bits per heavy atom. The zero-order valence-electron chi connectivity index (χ0n) is 12.6. The second-order valence-corrected chi connectivity index (χ2v) is 6.59. The van der Waals surface area contributed by atoms with E-state index in [0.717, 1.165) is 40.9 Å². The van der Waals surface area contributed by atoms with Crippen LogP contribution in [0.2, 0.25) is 0 Å². The van der Waals surface area contributed by atoms with Crippen molar-refractivity contribution in [1.29, 1.82) is 0 Å². The van der Waals surface area contributed by atoms with Gasteiger partial charge in [-0.15, -0.1) is 0 Å². The van der Waals surface area contributed by atoms with Gasteiger partial charge in [0.15, 0.2) is 0 Å². The van der Waals surface area contributed by atoms with Crippen molar-refractivity contribution in [2.75, 3.05) is 6.54 Å². The van der Waals surface area contributed by atoms with Gasteiger partial charge in [0.25, 0.3) is 0 Å². The minimum Gasteiger partial charge on any atom is -0.480 e. The number of hydrogen-bond acceptors (Lipinski definition) is 3. The molecule has 0 amide bonds. The number of halogens is 1. The Bertz CT molecular complexity index is 687. The number of nitrogens with zero attached hydrogens (tertiary/aromatic N) is 1. The Kier molecular flexibility index (Phi) is 4.98. The minimum atomic E-state index is -0.725. The number of carboxylic acid groups (broad SMARTS) is 1. The van der Waals surface area contributed by atoms with Crippen LogP contribution in [-0.2, 0) is 11.3 Å². The number of carbonyl (C=O) groups is 1. The average molecular weight is 376 g/mol. The van der Waals surface area contributed by atoms with E-state index in [-0.39, 0.29) is 6.04 Å². The van der Waals surface area contributed by atoms with Crippen LogP contribution in [0.25, 0.3) is 0 Å². The van der Waals surface area contributed by atoms with Crippen molar-refractivity contribution in [3.05, 3.63) is 58.6 Å². The summed E-state index contributed by atoms with van der Waals surface area (Å²) in [5.74, 6) is 0.817. The molecule has 1 saturated heterocycles. The maximum Gasteiger partial charge on any atom is 0.320 e. The van der Waals surface area contributed by atoms with Gasteiger partial charge in [0.2, 0.25) is 0 Å². The van der Waals surface area contributed by atoms with E-state index in [0.29, 0.717) is 6.54 Å². The third kappa shape index (κ3) is 4.12. The second-order valence-electron chi connectivity index (χ2n) is 5.67. The van der Waals surface area contributed by atoms with Crippen molar-refractivity contribution >= 4 is 21.9 Å². The predicted octanol–water partition coefficient (Wildman–Crippen LogP) is 4.29. The van der Waals surface area contributed by atoms with Crippen molar-refractivity contribution in [3.63, 3.8) is 0 Å². The van der Waals surface area contributed by atoms with Crippen LogP contribution >= 0.6 is 15.9 Å². The lowest BCUT2D eigenvalue weighted by Crippen LogP contribution is -2.35. The van der Waals surface area contributed by atoms with Crippen LogP contribution in [0.15, 0.2) is 53.0 Å². The molecule has 2 aromatic carbocycles. The molecule has 1 aliphatic heterocycles.